The summed E-state index contributed by atoms with van der Waals surface area (Å²) in [7, 11) is 0. The van der Waals surface area contributed by atoms with Gasteiger partial charge in [0.05, 0.1) is 11.6 Å². The van der Waals surface area contributed by atoms with Crippen molar-refractivity contribution in [3.63, 3.8) is 0 Å². The minimum atomic E-state index is 0.742. The van der Waals surface area contributed by atoms with Crippen molar-refractivity contribution in [1.82, 2.24) is 5.32 Å². The quantitative estimate of drug-likeness (QED) is 0.558. The van der Waals surface area contributed by atoms with Gasteiger partial charge in [-0.15, -0.1) is 0 Å². The molecule has 12 heavy (non-hydrogen) atoms. The van der Waals surface area contributed by atoms with Crippen LogP contribution in [-0.4, -0.2) is 6.54 Å². The van der Waals surface area contributed by atoms with Crippen molar-refractivity contribution < 1.29 is 0 Å². The number of fused-ring (bicyclic) bond motifs is 1. The van der Waals surface area contributed by atoms with Crippen LogP contribution in [-0.2, 0) is 13.0 Å². The number of hydrogen-bond acceptors (Lipinski definition) is 1. The molecule has 1 heterocycles. The Morgan fingerprint density at radius 3 is 3.08 bits per heavy atom. The van der Waals surface area contributed by atoms with Crippen molar-refractivity contribution in [2.75, 3.05) is 6.54 Å². The first-order valence-electron chi connectivity index (χ1n) is 4.05. The van der Waals surface area contributed by atoms with Crippen molar-refractivity contribution in [3.05, 3.63) is 34.9 Å². The molecule has 2 heteroatoms. The molecule has 0 saturated carbocycles. The lowest BCUT2D eigenvalue weighted by Crippen LogP contribution is -2.17. The van der Waals surface area contributed by atoms with Crippen LogP contribution in [0.3, 0.4) is 0 Å². The molecule has 1 aromatic carbocycles. The van der Waals surface area contributed by atoms with E-state index in [1.54, 1.807) is 0 Å². The van der Waals surface area contributed by atoms with E-state index >= 15 is 0 Å². The largest absolute Gasteiger partial charge is 0.237 e. The van der Waals surface area contributed by atoms with Gasteiger partial charge in [0, 0.05) is 13.1 Å². The van der Waals surface area contributed by atoms with E-state index in [0.717, 1.165) is 25.1 Å². The molecule has 0 unspecified atom stereocenters. The molecule has 0 saturated heterocycles. The second kappa shape index (κ2) is 2.96. The van der Waals surface area contributed by atoms with Gasteiger partial charge in [0.15, 0.2) is 0 Å². The molecule has 0 fully saturated rings. The van der Waals surface area contributed by atoms with Crippen molar-refractivity contribution >= 4 is 0 Å². The van der Waals surface area contributed by atoms with Crippen LogP contribution in [0.5, 0.6) is 0 Å². The van der Waals surface area contributed by atoms with E-state index in [1.165, 1.54) is 11.1 Å². The first-order valence-corrected chi connectivity index (χ1v) is 4.05. The normalized spacial score (nSPS) is 14.9. The van der Waals surface area contributed by atoms with Crippen LogP contribution in [0.25, 0.3) is 0 Å². The average molecular weight is 157 g/mol. The second-order valence-electron chi connectivity index (χ2n) is 2.95. The number of hydrogen-bond donors (Lipinski definition) is 0. The Kier molecular flexibility index (Phi) is 1.81. The highest BCUT2D eigenvalue weighted by Gasteiger charge is 2.08. The van der Waals surface area contributed by atoms with Crippen LogP contribution < -0.4 is 5.32 Å². The predicted molar refractivity (Wildman–Crippen MR) is 45.6 cm³/mol. The summed E-state index contributed by atoms with van der Waals surface area (Å²) in [4.78, 5) is 0. The maximum atomic E-state index is 8.66. The molecule has 1 aliphatic rings. The fourth-order valence-corrected chi connectivity index (χ4v) is 1.49. The Hall–Kier alpha value is -1.33. The minimum Gasteiger partial charge on any atom is -0.237 e. The van der Waals surface area contributed by atoms with E-state index in [-0.39, 0.29) is 0 Å². The molecule has 0 N–H and O–H groups in total. The average Bonchev–Trinajstić information content (AvgIpc) is 2.17. The van der Waals surface area contributed by atoms with Crippen LogP contribution in [0.15, 0.2) is 18.2 Å². The van der Waals surface area contributed by atoms with Crippen molar-refractivity contribution in [3.8, 4) is 6.07 Å². The van der Waals surface area contributed by atoms with Gasteiger partial charge in [-0.2, -0.15) is 5.26 Å². The first kappa shape index (κ1) is 7.33. The van der Waals surface area contributed by atoms with Crippen LogP contribution in [0.1, 0.15) is 16.7 Å². The topological polar surface area (TPSA) is 37.9 Å². The molecule has 1 aromatic rings. The minimum absolute atomic E-state index is 0.742. The number of nitriles is 1. The van der Waals surface area contributed by atoms with Gasteiger partial charge in [-0.3, -0.25) is 0 Å². The van der Waals surface area contributed by atoms with E-state index in [1.807, 2.05) is 18.2 Å². The molecule has 0 aromatic heterocycles. The highest BCUT2D eigenvalue weighted by Crippen LogP contribution is 2.15. The summed E-state index contributed by atoms with van der Waals surface area (Å²) in [6.07, 6.45) is 1.03. The zero-order valence-corrected chi connectivity index (χ0v) is 6.75. The van der Waals surface area contributed by atoms with Crippen molar-refractivity contribution in [1.29, 1.82) is 5.26 Å². The summed E-state index contributed by atoms with van der Waals surface area (Å²) < 4.78 is 0. The summed E-state index contributed by atoms with van der Waals surface area (Å²) >= 11 is 0. The molecule has 2 rings (SSSR count). The smallest absolute Gasteiger partial charge is 0.0991 e. The number of nitrogens with zero attached hydrogens (tertiary/aromatic N) is 2. The summed E-state index contributed by atoms with van der Waals surface area (Å²) in [5, 5.41) is 12.9. The van der Waals surface area contributed by atoms with E-state index < -0.39 is 0 Å². The summed E-state index contributed by atoms with van der Waals surface area (Å²) in [6.45, 7) is 1.71. The molecular formula is C10H9N2. The Labute approximate surface area is 71.8 Å². The highest BCUT2D eigenvalue weighted by atomic mass is 14.9. The second-order valence-corrected chi connectivity index (χ2v) is 2.95. The maximum absolute atomic E-state index is 8.66. The molecule has 0 aliphatic carbocycles. The molecule has 1 radical (unpaired) electrons. The summed E-state index contributed by atoms with van der Waals surface area (Å²) in [5.41, 5.74) is 3.31. The Bertz CT molecular complexity index is 336. The Morgan fingerprint density at radius 1 is 1.33 bits per heavy atom. The molecule has 2 nitrogen and oxygen atoms in total. The van der Waals surface area contributed by atoms with Gasteiger partial charge in [0.1, 0.15) is 0 Å². The lowest BCUT2D eigenvalue weighted by atomic mass is 9.99. The highest BCUT2D eigenvalue weighted by molar-refractivity contribution is 5.39. The maximum Gasteiger partial charge on any atom is 0.0991 e. The zero-order chi connectivity index (χ0) is 8.39. The van der Waals surface area contributed by atoms with Crippen LogP contribution in [0.2, 0.25) is 0 Å². The summed E-state index contributed by atoms with van der Waals surface area (Å²) in [6, 6.07) is 8.00. The van der Waals surface area contributed by atoms with Crippen LogP contribution >= 0.6 is 0 Å². The molecule has 1 aliphatic heterocycles. The molecule has 59 valence electrons. The fraction of sp³-hybridized carbons (Fsp3) is 0.300. The van der Waals surface area contributed by atoms with Crippen molar-refractivity contribution in [2.45, 2.75) is 13.0 Å². The molecule has 0 amide bonds. The van der Waals surface area contributed by atoms with Gasteiger partial charge < -0.3 is 0 Å². The zero-order valence-electron chi connectivity index (χ0n) is 6.75. The third-order valence-corrected chi connectivity index (χ3v) is 2.16. The summed E-state index contributed by atoms with van der Waals surface area (Å²) in [5.74, 6) is 0. The third kappa shape index (κ3) is 1.19. The van der Waals surface area contributed by atoms with E-state index in [2.05, 4.69) is 11.4 Å². The molecule has 0 atom stereocenters. The van der Waals surface area contributed by atoms with Crippen molar-refractivity contribution in [2.24, 2.45) is 0 Å². The van der Waals surface area contributed by atoms with Gasteiger partial charge in [0.2, 0.25) is 0 Å². The lowest BCUT2D eigenvalue weighted by molar-refractivity contribution is 0.630. The molecule has 0 bridgehead atoms. The van der Waals surface area contributed by atoms with Crippen LogP contribution in [0.4, 0.5) is 0 Å². The lowest BCUT2D eigenvalue weighted by Gasteiger charge is -2.14. The SMILES string of the molecule is N#Cc1ccc2c(c1)C[N]CC2. The number of benzene rings is 1. The number of rotatable bonds is 0. The standard InChI is InChI=1S/C10H9N2/c11-6-8-1-2-9-3-4-12-7-10(9)5-8/h1-2,5H,3-4,7H2. The third-order valence-electron chi connectivity index (χ3n) is 2.16. The van der Waals surface area contributed by atoms with Crippen LogP contribution in [0, 0.1) is 11.3 Å². The Morgan fingerprint density at radius 2 is 2.25 bits per heavy atom. The predicted octanol–water partition coefficient (Wildman–Crippen LogP) is 1.22. The van der Waals surface area contributed by atoms with Gasteiger partial charge in [-0.1, -0.05) is 6.07 Å². The van der Waals surface area contributed by atoms with E-state index in [0.29, 0.717) is 0 Å². The van der Waals surface area contributed by atoms with E-state index in [4.69, 9.17) is 5.26 Å². The van der Waals surface area contributed by atoms with Gasteiger partial charge in [-0.25, -0.2) is 5.32 Å². The first-order chi connectivity index (χ1) is 5.90. The van der Waals surface area contributed by atoms with E-state index in [9.17, 15) is 0 Å². The fourth-order valence-electron chi connectivity index (χ4n) is 1.49. The molecule has 0 spiro atoms. The van der Waals surface area contributed by atoms with Gasteiger partial charge >= 0.3 is 0 Å². The van der Waals surface area contributed by atoms with Gasteiger partial charge in [0.25, 0.3) is 0 Å². The van der Waals surface area contributed by atoms with Gasteiger partial charge in [-0.05, 0) is 29.7 Å². The Balaban J connectivity index is 2.44. The molecular weight excluding hydrogens is 148 g/mol. The monoisotopic (exact) mass is 157 g/mol.